The van der Waals surface area contributed by atoms with Crippen LogP contribution in [0.3, 0.4) is 0 Å². The maximum Gasteiger partial charge on any atom is 0.241 e. The van der Waals surface area contributed by atoms with E-state index in [9.17, 15) is 44.4 Å². The van der Waals surface area contributed by atoms with Gasteiger partial charge in [-0.15, -0.1) is 0 Å². The first kappa shape index (κ1) is 27.4. The second-order valence-corrected chi connectivity index (χ2v) is 8.36. The van der Waals surface area contributed by atoms with Crippen LogP contribution in [0.5, 0.6) is 0 Å². The van der Waals surface area contributed by atoms with Crippen molar-refractivity contribution in [2.45, 2.75) is 30.3 Å². The van der Waals surface area contributed by atoms with E-state index in [1.807, 2.05) is 0 Å². The van der Waals surface area contributed by atoms with Gasteiger partial charge in [-0.25, -0.2) is 0 Å². The zero-order valence-corrected chi connectivity index (χ0v) is 19.6. The van der Waals surface area contributed by atoms with Gasteiger partial charge >= 0.3 is 0 Å². The molecule has 9 heteroatoms. The minimum absolute atomic E-state index is 0.00585. The molecule has 37 heavy (non-hydrogen) atoms. The summed E-state index contributed by atoms with van der Waals surface area (Å²) < 4.78 is 0. The van der Waals surface area contributed by atoms with Gasteiger partial charge in [0.25, 0.3) is 0 Å². The average Bonchev–Trinajstić information content (AvgIpc) is 2.95. The van der Waals surface area contributed by atoms with Crippen LogP contribution in [0.25, 0.3) is 0 Å². The molecule has 190 valence electrons. The number of aliphatic hydroxyl groups is 4. The SMILES string of the molecule is CC(=O)C(=O)[C@@](O)(C(=O)c1ccccc1)[C@](O)(C(=O)c1ccccc1)C(=O)C(O)C(O)c1ccccc1. The summed E-state index contributed by atoms with van der Waals surface area (Å²) in [5, 5.41) is 44.7. The Kier molecular flexibility index (Phi) is 8.05. The predicted octanol–water partition coefficient (Wildman–Crippen LogP) is 1.04. The molecule has 0 spiro atoms. The van der Waals surface area contributed by atoms with Crippen LogP contribution in [-0.2, 0) is 14.4 Å². The lowest BCUT2D eigenvalue weighted by molar-refractivity contribution is -0.173. The first-order valence-corrected chi connectivity index (χ1v) is 11.1. The van der Waals surface area contributed by atoms with E-state index in [2.05, 4.69) is 0 Å². The Hall–Kier alpha value is -4.15. The third-order valence-electron chi connectivity index (χ3n) is 5.97. The number of rotatable bonds is 11. The molecule has 9 nitrogen and oxygen atoms in total. The molecule has 3 rings (SSSR count). The second kappa shape index (κ2) is 10.9. The van der Waals surface area contributed by atoms with Gasteiger partial charge in [0.2, 0.25) is 34.3 Å². The highest BCUT2D eigenvalue weighted by atomic mass is 16.4. The maximum absolute atomic E-state index is 13.6. The molecular weight excluding hydrogens is 480 g/mol. The van der Waals surface area contributed by atoms with Crippen LogP contribution in [0.2, 0.25) is 0 Å². The highest BCUT2D eigenvalue weighted by Crippen LogP contribution is 2.35. The standard InChI is InChI=1S/C28H24O9/c1-17(29)23(32)27(36,24(33)19-13-7-3-8-14-19)28(37,25(34)20-15-9-4-10-16-20)26(35)22(31)21(30)18-11-5-2-6-12-18/h2-16,21-22,30-31,36-37H,1H3/t21?,22?,27-,28+/m1/s1. The van der Waals surface area contributed by atoms with Crippen LogP contribution in [0, 0.1) is 0 Å². The molecule has 0 radical (unpaired) electrons. The lowest BCUT2D eigenvalue weighted by Gasteiger charge is -2.39. The van der Waals surface area contributed by atoms with Gasteiger partial charge in [-0.2, -0.15) is 0 Å². The van der Waals surface area contributed by atoms with Gasteiger partial charge in [0.15, 0.2) is 5.78 Å². The van der Waals surface area contributed by atoms with Crippen LogP contribution in [0.4, 0.5) is 0 Å². The Morgan fingerprint density at radius 2 is 1.00 bits per heavy atom. The molecule has 0 aliphatic heterocycles. The minimum atomic E-state index is -4.01. The molecule has 3 aromatic carbocycles. The third kappa shape index (κ3) is 4.81. The normalized spacial score (nSPS) is 15.9. The Morgan fingerprint density at radius 3 is 1.41 bits per heavy atom. The molecule has 2 unspecified atom stereocenters. The van der Waals surface area contributed by atoms with Crippen molar-refractivity contribution in [3.05, 3.63) is 108 Å². The van der Waals surface area contributed by atoms with Crippen LogP contribution in [0.15, 0.2) is 91.0 Å². The van der Waals surface area contributed by atoms with Crippen molar-refractivity contribution >= 4 is 28.9 Å². The van der Waals surface area contributed by atoms with Crippen molar-refractivity contribution in [1.82, 2.24) is 0 Å². The summed E-state index contributed by atoms with van der Waals surface area (Å²) >= 11 is 0. The Morgan fingerprint density at radius 1 is 0.622 bits per heavy atom. The van der Waals surface area contributed by atoms with E-state index in [4.69, 9.17) is 0 Å². The van der Waals surface area contributed by atoms with Crippen LogP contribution in [-0.4, -0.2) is 66.6 Å². The number of carbonyl (C=O) groups excluding carboxylic acids is 5. The molecular formula is C28H24O9. The maximum atomic E-state index is 13.6. The fourth-order valence-electron chi connectivity index (χ4n) is 3.93. The van der Waals surface area contributed by atoms with Gasteiger partial charge < -0.3 is 20.4 Å². The van der Waals surface area contributed by atoms with E-state index in [0.717, 1.165) is 24.3 Å². The van der Waals surface area contributed by atoms with Crippen molar-refractivity contribution in [1.29, 1.82) is 0 Å². The van der Waals surface area contributed by atoms with E-state index in [1.165, 1.54) is 60.7 Å². The van der Waals surface area contributed by atoms with Crippen LogP contribution in [0.1, 0.15) is 39.3 Å². The molecule has 0 saturated heterocycles. The predicted molar refractivity (Wildman–Crippen MR) is 130 cm³/mol. The molecule has 0 fully saturated rings. The molecule has 0 heterocycles. The molecule has 0 bridgehead atoms. The summed E-state index contributed by atoms with van der Waals surface area (Å²) in [6, 6.07) is 20.1. The van der Waals surface area contributed by atoms with Gasteiger partial charge in [0.05, 0.1) is 0 Å². The molecule has 4 N–H and O–H groups in total. The van der Waals surface area contributed by atoms with Crippen molar-refractivity contribution in [2.24, 2.45) is 0 Å². The summed E-state index contributed by atoms with van der Waals surface area (Å²) in [6.45, 7) is 0.679. The van der Waals surface area contributed by atoms with Crippen molar-refractivity contribution in [3.63, 3.8) is 0 Å². The van der Waals surface area contributed by atoms with Gasteiger partial charge in [0, 0.05) is 18.1 Å². The van der Waals surface area contributed by atoms with E-state index in [1.54, 1.807) is 6.07 Å². The Bertz CT molecular complexity index is 1320. The molecule has 0 aromatic heterocycles. The quantitative estimate of drug-likeness (QED) is 0.169. The molecule has 0 aliphatic rings. The first-order chi connectivity index (χ1) is 17.5. The molecule has 4 atom stereocenters. The van der Waals surface area contributed by atoms with E-state index in [-0.39, 0.29) is 5.56 Å². The lowest BCUT2D eigenvalue weighted by Crippen LogP contribution is -2.74. The van der Waals surface area contributed by atoms with Crippen molar-refractivity contribution in [3.8, 4) is 0 Å². The fraction of sp³-hybridized carbons (Fsp3) is 0.179. The van der Waals surface area contributed by atoms with E-state index in [0.29, 0.717) is 6.92 Å². The molecule has 0 aliphatic carbocycles. The summed E-state index contributed by atoms with van der Waals surface area (Å²) in [4.78, 5) is 66.1. The summed E-state index contributed by atoms with van der Waals surface area (Å²) in [7, 11) is 0. The zero-order valence-electron chi connectivity index (χ0n) is 19.6. The van der Waals surface area contributed by atoms with Gasteiger partial charge in [-0.05, 0) is 5.56 Å². The number of ketones is 5. The monoisotopic (exact) mass is 504 g/mol. The fourth-order valence-corrected chi connectivity index (χ4v) is 3.93. The third-order valence-corrected chi connectivity index (χ3v) is 5.97. The van der Waals surface area contributed by atoms with Crippen LogP contribution < -0.4 is 0 Å². The highest BCUT2D eigenvalue weighted by Gasteiger charge is 2.70. The van der Waals surface area contributed by atoms with Crippen LogP contribution >= 0.6 is 0 Å². The lowest BCUT2D eigenvalue weighted by atomic mass is 9.66. The minimum Gasteiger partial charge on any atom is -0.385 e. The van der Waals surface area contributed by atoms with Crippen molar-refractivity contribution < 1.29 is 44.4 Å². The zero-order chi connectivity index (χ0) is 27.4. The largest absolute Gasteiger partial charge is 0.385 e. The Labute approximate surface area is 211 Å². The summed E-state index contributed by atoms with van der Waals surface area (Å²) in [5.74, 6) is -8.63. The van der Waals surface area contributed by atoms with E-state index >= 15 is 0 Å². The summed E-state index contributed by atoms with van der Waals surface area (Å²) in [5.41, 5.74) is -8.84. The smallest absolute Gasteiger partial charge is 0.241 e. The van der Waals surface area contributed by atoms with Gasteiger partial charge in [-0.1, -0.05) is 91.0 Å². The second-order valence-electron chi connectivity index (χ2n) is 8.36. The molecule has 0 saturated carbocycles. The Balaban J connectivity index is 2.29. The topological polar surface area (TPSA) is 166 Å². The van der Waals surface area contributed by atoms with Crippen molar-refractivity contribution in [2.75, 3.05) is 0 Å². The average molecular weight is 504 g/mol. The number of hydrogen-bond acceptors (Lipinski definition) is 9. The molecule has 3 aromatic rings. The van der Waals surface area contributed by atoms with Gasteiger partial charge in [0.1, 0.15) is 12.2 Å². The van der Waals surface area contributed by atoms with E-state index < -0.39 is 63.5 Å². The summed E-state index contributed by atoms with van der Waals surface area (Å²) in [6.07, 6.45) is -4.64. The number of aliphatic hydroxyl groups excluding tert-OH is 2. The number of benzene rings is 3. The molecule has 0 amide bonds. The number of Topliss-reactive ketones (excluding diaryl/α,β-unsaturated/α-hetero) is 5. The first-order valence-electron chi connectivity index (χ1n) is 11.1. The number of hydrogen-bond donors (Lipinski definition) is 4. The van der Waals surface area contributed by atoms with Gasteiger partial charge in [-0.3, -0.25) is 24.0 Å². The highest BCUT2D eigenvalue weighted by molar-refractivity contribution is 6.48. The number of carbonyl (C=O) groups is 5.